The van der Waals surface area contributed by atoms with Crippen LogP contribution in [0.1, 0.15) is 38.3 Å². The summed E-state index contributed by atoms with van der Waals surface area (Å²) in [5.41, 5.74) is 0.626. The highest BCUT2D eigenvalue weighted by Gasteiger charge is 2.23. The zero-order valence-corrected chi connectivity index (χ0v) is 11.7. The Labute approximate surface area is 114 Å². The fourth-order valence-electron chi connectivity index (χ4n) is 2.84. The van der Waals surface area contributed by atoms with Gasteiger partial charge in [0, 0.05) is 24.2 Å². The van der Waals surface area contributed by atoms with Gasteiger partial charge in [0.05, 0.1) is 0 Å². The Morgan fingerprint density at radius 1 is 1.53 bits per heavy atom. The number of hydrogen-bond donors (Lipinski definition) is 2. The summed E-state index contributed by atoms with van der Waals surface area (Å²) in [4.78, 5) is 2.46. The SMILES string of the molecule is CCN1CCCC1CNC(C)c1cc(F)ccc1O. The standard InChI is InChI=1S/C15H23FN2O/c1-3-18-8-4-5-13(18)10-17-11(2)14-9-12(16)6-7-15(14)19/h6-7,9,11,13,17,19H,3-5,8,10H2,1-2H3. The van der Waals surface area contributed by atoms with Gasteiger partial charge in [-0.1, -0.05) is 6.92 Å². The van der Waals surface area contributed by atoms with Gasteiger partial charge in [-0.2, -0.15) is 0 Å². The summed E-state index contributed by atoms with van der Waals surface area (Å²) >= 11 is 0. The Hall–Kier alpha value is -1.13. The zero-order chi connectivity index (χ0) is 13.8. The Morgan fingerprint density at radius 3 is 3.05 bits per heavy atom. The van der Waals surface area contributed by atoms with Gasteiger partial charge in [0.1, 0.15) is 11.6 Å². The molecule has 0 amide bonds. The van der Waals surface area contributed by atoms with Gasteiger partial charge in [-0.25, -0.2) is 4.39 Å². The normalized spacial score (nSPS) is 21.7. The first kappa shape index (κ1) is 14.3. The van der Waals surface area contributed by atoms with Crippen molar-refractivity contribution in [3.05, 3.63) is 29.6 Å². The molecular formula is C15H23FN2O. The third-order valence-corrected chi connectivity index (χ3v) is 4.02. The van der Waals surface area contributed by atoms with E-state index in [9.17, 15) is 9.50 Å². The number of hydrogen-bond acceptors (Lipinski definition) is 3. The maximum atomic E-state index is 13.2. The van der Waals surface area contributed by atoms with Gasteiger partial charge in [0.25, 0.3) is 0 Å². The molecule has 19 heavy (non-hydrogen) atoms. The molecule has 2 N–H and O–H groups in total. The number of benzene rings is 1. The number of halogens is 1. The number of phenols is 1. The predicted octanol–water partition coefficient (Wildman–Crippen LogP) is 2.67. The third kappa shape index (κ3) is 3.45. The molecule has 1 heterocycles. The molecule has 1 aromatic rings. The topological polar surface area (TPSA) is 35.5 Å². The van der Waals surface area contributed by atoms with Crippen LogP contribution in [-0.4, -0.2) is 35.7 Å². The molecule has 1 aromatic carbocycles. The van der Waals surface area contributed by atoms with Crippen molar-refractivity contribution >= 4 is 0 Å². The number of nitrogens with zero attached hydrogens (tertiary/aromatic N) is 1. The molecule has 4 heteroatoms. The molecule has 1 fully saturated rings. The van der Waals surface area contributed by atoms with Crippen LogP contribution in [-0.2, 0) is 0 Å². The van der Waals surface area contributed by atoms with Crippen LogP contribution >= 0.6 is 0 Å². The van der Waals surface area contributed by atoms with Crippen molar-refractivity contribution in [3.63, 3.8) is 0 Å². The largest absolute Gasteiger partial charge is 0.508 e. The predicted molar refractivity (Wildman–Crippen MR) is 74.8 cm³/mol. The average molecular weight is 266 g/mol. The summed E-state index contributed by atoms with van der Waals surface area (Å²) in [5, 5.41) is 13.2. The lowest BCUT2D eigenvalue weighted by atomic mass is 10.1. The average Bonchev–Trinajstić information content (AvgIpc) is 2.86. The highest BCUT2D eigenvalue weighted by Crippen LogP contribution is 2.25. The van der Waals surface area contributed by atoms with E-state index in [-0.39, 0.29) is 17.6 Å². The lowest BCUT2D eigenvalue weighted by Gasteiger charge is -2.25. The van der Waals surface area contributed by atoms with Crippen LogP contribution in [0.2, 0.25) is 0 Å². The molecule has 0 saturated carbocycles. The lowest BCUT2D eigenvalue weighted by molar-refractivity contribution is 0.255. The highest BCUT2D eigenvalue weighted by molar-refractivity contribution is 5.34. The van der Waals surface area contributed by atoms with E-state index in [0.717, 1.165) is 13.1 Å². The summed E-state index contributed by atoms with van der Waals surface area (Å²) in [6.45, 7) is 7.26. The molecule has 0 bridgehead atoms. The van der Waals surface area contributed by atoms with E-state index in [1.807, 2.05) is 6.92 Å². The maximum Gasteiger partial charge on any atom is 0.123 e. The lowest BCUT2D eigenvalue weighted by Crippen LogP contribution is -2.38. The molecule has 2 unspecified atom stereocenters. The van der Waals surface area contributed by atoms with Crippen molar-refractivity contribution in [2.45, 2.75) is 38.8 Å². The molecule has 3 nitrogen and oxygen atoms in total. The molecule has 0 aliphatic carbocycles. The molecule has 0 aromatic heterocycles. The van der Waals surface area contributed by atoms with Crippen molar-refractivity contribution in [1.82, 2.24) is 10.2 Å². The molecule has 0 radical (unpaired) electrons. The van der Waals surface area contributed by atoms with Crippen molar-refractivity contribution in [1.29, 1.82) is 0 Å². The van der Waals surface area contributed by atoms with E-state index in [1.165, 1.54) is 37.6 Å². The first-order chi connectivity index (χ1) is 9.11. The first-order valence-electron chi connectivity index (χ1n) is 7.07. The maximum absolute atomic E-state index is 13.2. The van der Waals surface area contributed by atoms with Crippen LogP contribution in [0.3, 0.4) is 0 Å². The minimum Gasteiger partial charge on any atom is -0.508 e. The van der Waals surface area contributed by atoms with Gasteiger partial charge in [0.15, 0.2) is 0 Å². The third-order valence-electron chi connectivity index (χ3n) is 4.02. The Balaban J connectivity index is 1.93. The Bertz CT molecular complexity index is 425. The fraction of sp³-hybridized carbons (Fsp3) is 0.600. The summed E-state index contributed by atoms with van der Waals surface area (Å²) in [6.07, 6.45) is 2.46. The highest BCUT2D eigenvalue weighted by atomic mass is 19.1. The van der Waals surface area contributed by atoms with E-state index in [0.29, 0.717) is 11.6 Å². The molecule has 1 aliphatic heterocycles. The smallest absolute Gasteiger partial charge is 0.123 e. The van der Waals surface area contributed by atoms with Crippen molar-refractivity contribution < 1.29 is 9.50 Å². The fourth-order valence-corrected chi connectivity index (χ4v) is 2.84. The van der Waals surface area contributed by atoms with Crippen molar-refractivity contribution in [2.75, 3.05) is 19.6 Å². The minimum atomic E-state index is -0.308. The number of nitrogens with one attached hydrogen (secondary N) is 1. The molecule has 106 valence electrons. The second-order valence-corrected chi connectivity index (χ2v) is 5.26. The van der Waals surface area contributed by atoms with Gasteiger partial charge >= 0.3 is 0 Å². The monoisotopic (exact) mass is 266 g/mol. The molecule has 2 rings (SSSR count). The quantitative estimate of drug-likeness (QED) is 0.860. The van der Waals surface area contributed by atoms with E-state index in [1.54, 1.807) is 0 Å². The summed E-state index contributed by atoms with van der Waals surface area (Å²) in [5.74, 6) is -0.155. The second-order valence-electron chi connectivity index (χ2n) is 5.26. The molecule has 1 saturated heterocycles. The molecular weight excluding hydrogens is 243 g/mol. The van der Waals surface area contributed by atoms with Gasteiger partial charge in [-0.3, -0.25) is 4.90 Å². The molecule has 2 atom stereocenters. The van der Waals surface area contributed by atoms with Crippen LogP contribution in [0.25, 0.3) is 0 Å². The van der Waals surface area contributed by atoms with E-state index < -0.39 is 0 Å². The van der Waals surface area contributed by atoms with E-state index >= 15 is 0 Å². The van der Waals surface area contributed by atoms with Crippen LogP contribution < -0.4 is 5.32 Å². The van der Waals surface area contributed by atoms with Gasteiger partial charge in [-0.15, -0.1) is 0 Å². The van der Waals surface area contributed by atoms with Gasteiger partial charge in [-0.05, 0) is 51.1 Å². The number of rotatable bonds is 5. The van der Waals surface area contributed by atoms with Crippen molar-refractivity contribution in [2.24, 2.45) is 0 Å². The Morgan fingerprint density at radius 2 is 2.32 bits per heavy atom. The van der Waals surface area contributed by atoms with Gasteiger partial charge in [0.2, 0.25) is 0 Å². The Kier molecular flexibility index (Phi) is 4.77. The summed E-state index contributed by atoms with van der Waals surface area (Å²) < 4.78 is 13.2. The zero-order valence-electron chi connectivity index (χ0n) is 11.7. The number of phenolic OH excluding ortho intramolecular Hbond substituents is 1. The molecule has 0 spiro atoms. The minimum absolute atomic E-state index is 0.0463. The number of aromatic hydroxyl groups is 1. The van der Waals surface area contributed by atoms with Crippen LogP contribution in [0.4, 0.5) is 4.39 Å². The molecule has 1 aliphatic rings. The number of likely N-dealkylation sites (tertiary alicyclic amines) is 1. The van der Waals surface area contributed by atoms with E-state index in [4.69, 9.17) is 0 Å². The van der Waals surface area contributed by atoms with Crippen LogP contribution in [0.15, 0.2) is 18.2 Å². The van der Waals surface area contributed by atoms with Crippen LogP contribution in [0, 0.1) is 5.82 Å². The summed E-state index contributed by atoms with van der Waals surface area (Å²) in [7, 11) is 0. The van der Waals surface area contributed by atoms with Gasteiger partial charge < -0.3 is 10.4 Å². The van der Waals surface area contributed by atoms with Crippen molar-refractivity contribution in [3.8, 4) is 5.75 Å². The van der Waals surface area contributed by atoms with Crippen LogP contribution in [0.5, 0.6) is 5.75 Å². The number of likely N-dealkylation sites (N-methyl/N-ethyl adjacent to an activating group) is 1. The second kappa shape index (κ2) is 6.35. The first-order valence-corrected chi connectivity index (χ1v) is 7.07. The summed E-state index contributed by atoms with van der Waals surface area (Å²) in [6, 6.07) is 4.61. The van der Waals surface area contributed by atoms with E-state index in [2.05, 4.69) is 17.1 Å².